The summed E-state index contributed by atoms with van der Waals surface area (Å²) in [5, 5.41) is 0. The minimum Gasteiger partial charge on any atom is -0.0619 e. The maximum atomic E-state index is 2.45. The molecule has 0 fully saturated rings. The zero-order valence-corrected chi connectivity index (χ0v) is 12.1. The van der Waals surface area contributed by atoms with Gasteiger partial charge in [-0.15, -0.1) is 0 Å². The van der Waals surface area contributed by atoms with Crippen molar-refractivity contribution in [3.05, 3.63) is 82.9 Å². The molecule has 1 atom stereocenters. The Labute approximate surface area is 125 Å². The highest BCUT2D eigenvalue weighted by atomic mass is 14.3. The predicted molar refractivity (Wildman–Crippen MR) is 87.6 cm³/mol. The summed E-state index contributed by atoms with van der Waals surface area (Å²) in [4.78, 5) is 0. The van der Waals surface area contributed by atoms with E-state index in [9.17, 15) is 0 Å². The third kappa shape index (κ3) is 1.40. The summed E-state index contributed by atoms with van der Waals surface area (Å²) >= 11 is 0. The second-order valence-electron chi connectivity index (χ2n) is 6.24. The molecule has 0 N–H and O–H groups in total. The molecule has 0 bridgehead atoms. The summed E-state index contributed by atoms with van der Waals surface area (Å²) in [7, 11) is 0. The molecule has 5 rings (SSSR count). The van der Waals surface area contributed by atoms with Crippen LogP contribution in [-0.4, -0.2) is 0 Å². The Morgan fingerprint density at radius 2 is 1.43 bits per heavy atom. The molecule has 0 spiro atoms. The molecule has 0 saturated carbocycles. The SMILES string of the molecule is CC1c2ccccc2-c2cc3c(cc21)Cc1ccccc1-3. The fourth-order valence-corrected chi connectivity index (χ4v) is 4.08. The standard InChI is InChI=1S/C21H16/c1-13-16-7-4-5-9-18(16)21-12-20-15(11-19(13)21)10-14-6-2-3-8-17(14)20/h2-9,11-13H,10H2,1H3. The van der Waals surface area contributed by atoms with Crippen LogP contribution in [0, 0.1) is 0 Å². The summed E-state index contributed by atoms with van der Waals surface area (Å²) < 4.78 is 0. The Bertz CT molecular complexity index is 886. The van der Waals surface area contributed by atoms with Gasteiger partial charge in [0.05, 0.1) is 0 Å². The zero-order chi connectivity index (χ0) is 14.0. The van der Waals surface area contributed by atoms with Crippen LogP contribution in [0.4, 0.5) is 0 Å². The molecular weight excluding hydrogens is 252 g/mol. The lowest BCUT2D eigenvalue weighted by atomic mass is 9.95. The number of fused-ring (bicyclic) bond motifs is 6. The molecule has 0 saturated heterocycles. The van der Waals surface area contributed by atoms with Gasteiger partial charge in [-0.25, -0.2) is 0 Å². The molecule has 0 amide bonds. The van der Waals surface area contributed by atoms with Crippen molar-refractivity contribution in [2.45, 2.75) is 19.3 Å². The fraction of sp³-hybridized carbons (Fsp3) is 0.143. The summed E-state index contributed by atoms with van der Waals surface area (Å²) in [6.45, 7) is 2.33. The quantitative estimate of drug-likeness (QED) is 0.401. The van der Waals surface area contributed by atoms with Gasteiger partial charge >= 0.3 is 0 Å². The van der Waals surface area contributed by atoms with Crippen LogP contribution in [0.5, 0.6) is 0 Å². The molecule has 100 valence electrons. The monoisotopic (exact) mass is 268 g/mol. The van der Waals surface area contributed by atoms with E-state index in [0.29, 0.717) is 5.92 Å². The average Bonchev–Trinajstić information content (AvgIpc) is 3.02. The van der Waals surface area contributed by atoms with Crippen molar-refractivity contribution in [1.29, 1.82) is 0 Å². The second kappa shape index (κ2) is 3.85. The molecule has 0 radical (unpaired) electrons. The van der Waals surface area contributed by atoms with Crippen LogP contribution in [0.15, 0.2) is 60.7 Å². The molecule has 21 heavy (non-hydrogen) atoms. The predicted octanol–water partition coefficient (Wildman–Crippen LogP) is 5.39. The minimum atomic E-state index is 0.519. The molecule has 0 aromatic heterocycles. The van der Waals surface area contributed by atoms with E-state index in [2.05, 4.69) is 67.6 Å². The molecule has 1 unspecified atom stereocenters. The highest BCUT2D eigenvalue weighted by Crippen LogP contribution is 2.49. The van der Waals surface area contributed by atoms with Crippen LogP contribution in [0.3, 0.4) is 0 Å². The largest absolute Gasteiger partial charge is 0.0619 e. The van der Waals surface area contributed by atoms with Crippen LogP contribution in [-0.2, 0) is 6.42 Å². The van der Waals surface area contributed by atoms with Gasteiger partial charge in [-0.3, -0.25) is 0 Å². The number of benzene rings is 3. The molecule has 0 heteroatoms. The fourth-order valence-electron chi connectivity index (χ4n) is 4.08. The minimum absolute atomic E-state index is 0.519. The van der Waals surface area contributed by atoms with Gasteiger partial charge in [-0.05, 0) is 57.0 Å². The van der Waals surface area contributed by atoms with Crippen molar-refractivity contribution in [2.24, 2.45) is 0 Å². The summed E-state index contributed by atoms with van der Waals surface area (Å²) in [6, 6.07) is 22.6. The first-order valence-electron chi connectivity index (χ1n) is 7.67. The number of hydrogen-bond donors (Lipinski definition) is 0. The van der Waals surface area contributed by atoms with Gasteiger partial charge in [-0.2, -0.15) is 0 Å². The van der Waals surface area contributed by atoms with Crippen LogP contribution >= 0.6 is 0 Å². The highest BCUT2D eigenvalue weighted by molar-refractivity contribution is 5.87. The summed E-state index contributed by atoms with van der Waals surface area (Å²) in [6.07, 6.45) is 1.09. The lowest BCUT2D eigenvalue weighted by Gasteiger charge is -2.09. The summed E-state index contributed by atoms with van der Waals surface area (Å²) in [5.41, 5.74) is 11.7. The molecule has 0 nitrogen and oxygen atoms in total. The van der Waals surface area contributed by atoms with Crippen LogP contribution in [0.1, 0.15) is 35.1 Å². The van der Waals surface area contributed by atoms with Crippen LogP contribution in [0.25, 0.3) is 22.3 Å². The maximum absolute atomic E-state index is 2.45. The first kappa shape index (κ1) is 11.3. The van der Waals surface area contributed by atoms with E-state index in [1.807, 2.05) is 0 Å². The molecule has 0 heterocycles. The van der Waals surface area contributed by atoms with E-state index >= 15 is 0 Å². The second-order valence-corrected chi connectivity index (χ2v) is 6.24. The third-order valence-corrected chi connectivity index (χ3v) is 5.15. The van der Waals surface area contributed by atoms with Crippen LogP contribution in [0.2, 0.25) is 0 Å². The van der Waals surface area contributed by atoms with Gasteiger partial charge in [0.2, 0.25) is 0 Å². The molecule has 2 aliphatic rings. The van der Waals surface area contributed by atoms with Crippen molar-refractivity contribution in [1.82, 2.24) is 0 Å². The van der Waals surface area contributed by atoms with E-state index in [-0.39, 0.29) is 0 Å². The first-order valence-corrected chi connectivity index (χ1v) is 7.67. The number of hydrogen-bond acceptors (Lipinski definition) is 0. The van der Waals surface area contributed by atoms with Crippen molar-refractivity contribution >= 4 is 0 Å². The first-order chi connectivity index (χ1) is 10.3. The topological polar surface area (TPSA) is 0 Å². The summed E-state index contributed by atoms with van der Waals surface area (Å²) in [5.74, 6) is 0.519. The third-order valence-electron chi connectivity index (χ3n) is 5.15. The zero-order valence-electron chi connectivity index (χ0n) is 12.1. The van der Waals surface area contributed by atoms with Gasteiger partial charge < -0.3 is 0 Å². The highest BCUT2D eigenvalue weighted by Gasteiger charge is 2.28. The van der Waals surface area contributed by atoms with E-state index < -0.39 is 0 Å². The normalized spacial score (nSPS) is 17.1. The van der Waals surface area contributed by atoms with Crippen molar-refractivity contribution < 1.29 is 0 Å². The number of rotatable bonds is 0. The Morgan fingerprint density at radius 3 is 2.33 bits per heavy atom. The Morgan fingerprint density at radius 1 is 0.667 bits per heavy atom. The van der Waals surface area contributed by atoms with E-state index in [0.717, 1.165) is 6.42 Å². The van der Waals surface area contributed by atoms with Gasteiger partial charge in [0, 0.05) is 5.92 Å². The van der Waals surface area contributed by atoms with Crippen LogP contribution < -0.4 is 0 Å². The Hall–Kier alpha value is -2.34. The van der Waals surface area contributed by atoms with Gasteiger partial charge in [0.25, 0.3) is 0 Å². The average molecular weight is 268 g/mol. The molecule has 2 aliphatic carbocycles. The van der Waals surface area contributed by atoms with Crippen molar-refractivity contribution in [3.8, 4) is 22.3 Å². The Balaban J connectivity index is 1.81. The molecular formula is C21H16. The smallest absolute Gasteiger partial charge is 0.00734 e. The van der Waals surface area contributed by atoms with E-state index in [1.54, 1.807) is 0 Å². The Kier molecular flexibility index (Phi) is 2.08. The van der Waals surface area contributed by atoms with Gasteiger partial charge in [-0.1, -0.05) is 61.5 Å². The molecule has 0 aliphatic heterocycles. The lowest BCUT2D eigenvalue weighted by Crippen LogP contribution is -1.91. The van der Waals surface area contributed by atoms with Gasteiger partial charge in [0.1, 0.15) is 0 Å². The van der Waals surface area contributed by atoms with E-state index in [4.69, 9.17) is 0 Å². The molecule has 3 aromatic carbocycles. The molecule has 3 aromatic rings. The van der Waals surface area contributed by atoms with Gasteiger partial charge in [0.15, 0.2) is 0 Å². The van der Waals surface area contributed by atoms with E-state index in [1.165, 1.54) is 44.5 Å². The lowest BCUT2D eigenvalue weighted by molar-refractivity contribution is 0.953. The van der Waals surface area contributed by atoms with Crippen molar-refractivity contribution in [2.75, 3.05) is 0 Å². The van der Waals surface area contributed by atoms with Crippen molar-refractivity contribution in [3.63, 3.8) is 0 Å². The maximum Gasteiger partial charge on any atom is 0.00734 e.